The van der Waals surface area contributed by atoms with E-state index in [0.717, 1.165) is 11.1 Å². The number of hydrogen-bond donors (Lipinski definition) is 1. The zero-order valence-electron chi connectivity index (χ0n) is 16.9. The number of nitrogens with one attached hydrogen (secondary N) is 1. The zero-order valence-corrected chi connectivity index (χ0v) is 18.5. The van der Waals surface area contributed by atoms with Gasteiger partial charge in [-0.05, 0) is 47.5 Å². The van der Waals surface area contributed by atoms with Crippen molar-refractivity contribution in [1.82, 2.24) is 4.90 Å². The summed E-state index contributed by atoms with van der Waals surface area (Å²) >= 11 is 7.55. The van der Waals surface area contributed by atoms with E-state index < -0.39 is 0 Å². The lowest BCUT2D eigenvalue weighted by Gasteiger charge is -2.24. The molecule has 5 rings (SSSR count). The van der Waals surface area contributed by atoms with Crippen molar-refractivity contribution < 1.29 is 19.1 Å². The lowest BCUT2D eigenvalue weighted by Crippen LogP contribution is -2.27. The van der Waals surface area contributed by atoms with E-state index in [1.165, 1.54) is 0 Å². The molecule has 2 aliphatic rings. The molecule has 1 atom stereocenters. The van der Waals surface area contributed by atoms with Crippen LogP contribution in [0.4, 0.5) is 5.69 Å². The Bertz CT molecular complexity index is 1170. The highest BCUT2D eigenvalue weighted by Gasteiger charge is 2.32. The molecule has 162 valence electrons. The second kappa shape index (κ2) is 8.76. The summed E-state index contributed by atoms with van der Waals surface area (Å²) in [6.45, 7) is 0.699. The molecule has 32 heavy (non-hydrogen) atoms. The Morgan fingerprint density at radius 1 is 1.03 bits per heavy atom. The molecule has 2 amide bonds. The number of fused-ring (bicyclic) bond motifs is 1. The molecule has 1 saturated heterocycles. The Morgan fingerprint density at radius 2 is 1.78 bits per heavy atom. The van der Waals surface area contributed by atoms with Crippen molar-refractivity contribution in [3.05, 3.63) is 88.4 Å². The van der Waals surface area contributed by atoms with Crippen LogP contribution >= 0.6 is 23.4 Å². The molecule has 0 unspecified atom stereocenters. The quantitative estimate of drug-likeness (QED) is 0.567. The molecule has 0 radical (unpaired) electrons. The first-order valence-electron chi connectivity index (χ1n) is 10.0. The van der Waals surface area contributed by atoms with Crippen LogP contribution in [0.15, 0.2) is 66.7 Å². The van der Waals surface area contributed by atoms with Crippen molar-refractivity contribution in [1.29, 1.82) is 0 Å². The van der Waals surface area contributed by atoms with Gasteiger partial charge in [-0.1, -0.05) is 35.9 Å². The second-order valence-electron chi connectivity index (χ2n) is 7.46. The van der Waals surface area contributed by atoms with Crippen LogP contribution < -0.4 is 14.8 Å². The number of amides is 2. The molecule has 3 aromatic carbocycles. The molecule has 3 aromatic rings. The third-order valence-electron chi connectivity index (χ3n) is 5.32. The predicted molar refractivity (Wildman–Crippen MR) is 124 cm³/mol. The van der Waals surface area contributed by atoms with Gasteiger partial charge in [-0.3, -0.25) is 9.59 Å². The molecule has 0 spiro atoms. The smallest absolute Gasteiger partial charge is 0.255 e. The van der Waals surface area contributed by atoms with Crippen LogP contribution in [0.3, 0.4) is 0 Å². The van der Waals surface area contributed by atoms with E-state index >= 15 is 0 Å². The molecule has 0 saturated carbocycles. The van der Waals surface area contributed by atoms with E-state index in [-0.39, 0.29) is 24.0 Å². The number of halogens is 1. The minimum atomic E-state index is -0.219. The lowest BCUT2D eigenvalue weighted by molar-refractivity contribution is -0.128. The van der Waals surface area contributed by atoms with Crippen LogP contribution in [0, 0.1) is 0 Å². The molecule has 0 aliphatic carbocycles. The van der Waals surface area contributed by atoms with Gasteiger partial charge in [0.25, 0.3) is 5.91 Å². The van der Waals surface area contributed by atoms with Gasteiger partial charge >= 0.3 is 0 Å². The monoisotopic (exact) mass is 466 g/mol. The van der Waals surface area contributed by atoms with Crippen LogP contribution in [-0.2, 0) is 11.3 Å². The maximum atomic E-state index is 12.7. The van der Waals surface area contributed by atoms with Gasteiger partial charge in [-0.25, -0.2) is 0 Å². The summed E-state index contributed by atoms with van der Waals surface area (Å²) in [7, 11) is 0. The summed E-state index contributed by atoms with van der Waals surface area (Å²) in [5, 5.41) is 3.45. The molecule has 2 heterocycles. The summed E-state index contributed by atoms with van der Waals surface area (Å²) in [5.74, 6) is 1.59. The van der Waals surface area contributed by atoms with Crippen LogP contribution in [0.25, 0.3) is 0 Å². The molecule has 0 aromatic heterocycles. The largest absolute Gasteiger partial charge is 0.454 e. The van der Waals surface area contributed by atoms with Gasteiger partial charge in [0.15, 0.2) is 11.5 Å². The second-order valence-corrected chi connectivity index (χ2v) is 8.96. The number of carbonyl (C=O) groups is 2. The first-order chi connectivity index (χ1) is 15.6. The van der Waals surface area contributed by atoms with Crippen LogP contribution in [0.1, 0.15) is 26.9 Å². The van der Waals surface area contributed by atoms with Gasteiger partial charge in [0, 0.05) is 28.9 Å². The van der Waals surface area contributed by atoms with Crippen molar-refractivity contribution in [2.75, 3.05) is 17.9 Å². The predicted octanol–water partition coefficient (Wildman–Crippen LogP) is 5.10. The zero-order chi connectivity index (χ0) is 22.1. The van der Waals surface area contributed by atoms with Crippen LogP contribution in [0.5, 0.6) is 11.5 Å². The van der Waals surface area contributed by atoms with Crippen molar-refractivity contribution in [3.63, 3.8) is 0 Å². The minimum Gasteiger partial charge on any atom is -0.454 e. The Morgan fingerprint density at radius 3 is 2.56 bits per heavy atom. The topological polar surface area (TPSA) is 67.9 Å². The highest BCUT2D eigenvalue weighted by atomic mass is 35.5. The van der Waals surface area contributed by atoms with Crippen molar-refractivity contribution in [3.8, 4) is 11.5 Å². The highest BCUT2D eigenvalue weighted by molar-refractivity contribution is 8.00. The third-order valence-corrected chi connectivity index (χ3v) is 6.83. The molecule has 6 nitrogen and oxygen atoms in total. The number of carbonyl (C=O) groups excluding carboxylic acids is 2. The number of nitrogens with zero attached hydrogens (tertiary/aromatic N) is 1. The van der Waals surface area contributed by atoms with Gasteiger partial charge in [0.1, 0.15) is 5.37 Å². The lowest BCUT2D eigenvalue weighted by atomic mass is 10.1. The van der Waals surface area contributed by atoms with E-state index in [2.05, 4.69) is 5.32 Å². The van der Waals surface area contributed by atoms with Gasteiger partial charge in [-0.2, -0.15) is 0 Å². The number of ether oxygens (including phenoxy) is 2. The van der Waals surface area contributed by atoms with E-state index in [4.69, 9.17) is 21.1 Å². The fourth-order valence-corrected chi connectivity index (χ4v) is 4.98. The Kier molecular flexibility index (Phi) is 5.68. The maximum Gasteiger partial charge on any atom is 0.255 e. The summed E-state index contributed by atoms with van der Waals surface area (Å²) in [6, 6.07) is 20.2. The van der Waals surface area contributed by atoms with E-state index in [1.54, 1.807) is 42.1 Å². The normalized spacial score (nSPS) is 17.0. The number of hydrogen-bond acceptors (Lipinski definition) is 5. The van der Waals surface area contributed by atoms with Crippen molar-refractivity contribution in [2.24, 2.45) is 0 Å². The average molecular weight is 467 g/mol. The summed E-state index contributed by atoms with van der Waals surface area (Å²) in [4.78, 5) is 27.0. The Labute approximate surface area is 194 Å². The van der Waals surface area contributed by atoms with Crippen molar-refractivity contribution in [2.45, 2.75) is 11.9 Å². The molecule has 1 N–H and O–H groups in total. The Hall–Kier alpha value is -3.16. The number of rotatable bonds is 5. The van der Waals surface area contributed by atoms with Crippen LogP contribution in [0.2, 0.25) is 5.02 Å². The number of benzene rings is 3. The fourth-order valence-electron chi connectivity index (χ4n) is 3.66. The molecule has 1 fully saturated rings. The van der Waals surface area contributed by atoms with E-state index in [1.807, 2.05) is 41.3 Å². The SMILES string of the molecule is O=C(Nc1ccc2c(c1)OCO2)c1ccc([C@H]2SCC(=O)N2Cc2ccc(Cl)cc2)cc1. The molecular weight excluding hydrogens is 448 g/mol. The van der Waals surface area contributed by atoms with Gasteiger partial charge in [-0.15, -0.1) is 11.8 Å². The standard InChI is InChI=1S/C24H19ClN2O4S/c25-18-7-1-15(2-8-18)12-27-22(28)13-32-24(27)17-5-3-16(4-6-17)23(29)26-19-9-10-20-21(11-19)31-14-30-20/h1-11,24H,12-14H2,(H,26,29)/t24-/m1/s1. The van der Waals surface area contributed by atoms with Gasteiger partial charge in [0.05, 0.1) is 5.75 Å². The number of anilines is 1. The molecule has 2 aliphatic heterocycles. The minimum absolute atomic E-state index is 0.0934. The maximum absolute atomic E-state index is 12.7. The molecule has 8 heteroatoms. The van der Waals surface area contributed by atoms with E-state index in [9.17, 15) is 9.59 Å². The molecular formula is C24H19ClN2O4S. The average Bonchev–Trinajstić information content (AvgIpc) is 3.42. The Balaban J connectivity index is 1.28. The first kappa shape index (κ1) is 20.7. The van der Waals surface area contributed by atoms with Gasteiger partial charge in [0.2, 0.25) is 12.7 Å². The summed E-state index contributed by atoms with van der Waals surface area (Å²) < 4.78 is 10.6. The molecule has 0 bridgehead atoms. The van der Waals surface area contributed by atoms with Crippen molar-refractivity contribution >= 4 is 40.9 Å². The highest BCUT2D eigenvalue weighted by Crippen LogP contribution is 2.40. The summed E-state index contributed by atoms with van der Waals surface area (Å²) in [6.07, 6.45) is 0. The first-order valence-corrected chi connectivity index (χ1v) is 11.5. The summed E-state index contributed by atoms with van der Waals surface area (Å²) in [5.41, 5.74) is 3.17. The third kappa shape index (κ3) is 4.26. The van der Waals surface area contributed by atoms with Crippen LogP contribution in [-0.4, -0.2) is 29.3 Å². The van der Waals surface area contributed by atoms with Gasteiger partial charge < -0.3 is 19.7 Å². The number of thioether (sulfide) groups is 1. The fraction of sp³-hybridized carbons (Fsp3) is 0.167. The van der Waals surface area contributed by atoms with E-state index in [0.29, 0.717) is 40.1 Å².